The smallest absolute Gasteiger partial charge is 0.306 e. The van der Waals surface area contributed by atoms with E-state index < -0.39 is 0 Å². The van der Waals surface area contributed by atoms with E-state index in [0.29, 0.717) is 19.4 Å². The van der Waals surface area contributed by atoms with Crippen LogP contribution in [0.2, 0.25) is 0 Å². The van der Waals surface area contributed by atoms with Crippen LogP contribution in [0.25, 0.3) is 11.0 Å². The van der Waals surface area contributed by atoms with Gasteiger partial charge >= 0.3 is 5.97 Å². The summed E-state index contributed by atoms with van der Waals surface area (Å²) in [6, 6.07) is 11.2. The van der Waals surface area contributed by atoms with E-state index >= 15 is 0 Å². The van der Waals surface area contributed by atoms with Gasteiger partial charge in [0, 0.05) is 19.0 Å². The Hall–Kier alpha value is -2.99. The number of nitrogens with one attached hydrogen (secondary N) is 1. The number of carbonyl (C=O) groups is 1. The van der Waals surface area contributed by atoms with Gasteiger partial charge in [-0.25, -0.2) is 4.68 Å². The second kappa shape index (κ2) is 9.43. The van der Waals surface area contributed by atoms with Crippen LogP contribution in [0.15, 0.2) is 42.5 Å². The Kier molecular flexibility index (Phi) is 6.47. The number of aromatic nitrogens is 3. The predicted octanol–water partition coefficient (Wildman–Crippen LogP) is 4.20. The third-order valence-electron chi connectivity index (χ3n) is 6.03. The maximum atomic E-state index is 11.6. The number of aryl methyl sites for hydroxylation is 2. The zero-order valence-electron chi connectivity index (χ0n) is 18.5. The Morgan fingerprint density at radius 3 is 2.97 bits per heavy atom. The zero-order valence-corrected chi connectivity index (χ0v) is 18.5. The fraction of sp³-hybridized carbons (Fsp3) is 0.400. The molecular weight excluding hydrogens is 388 g/mol. The van der Waals surface area contributed by atoms with Crippen LogP contribution in [0.1, 0.15) is 54.1 Å². The molecule has 1 aliphatic rings. The number of ether oxygens (including phenoxy) is 1. The number of hydrogen-bond donors (Lipinski definition) is 1. The minimum absolute atomic E-state index is 0.132. The van der Waals surface area contributed by atoms with E-state index in [1.807, 2.05) is 24.6 Å². The molecule has 2 aromatic carbocycles. The van der Waals surface area contributed by atoms with Gasteiger partial charge in [0.15, 0.2) is 0 Å². The number of hydrogen-bond acceptors (Lipinski definition) is 5. The van der Waals surface area contributed by atoms with Gasteiger partial charge < -0.3 is 10.1 Å². The van der Waals surface area contributed by atoms with Crippen LogP contribution >= 0.6 is 0 Å². The lowest BCUT2D eigenvalue weighted by Crippen LogP contribution is -2.29. The molecule has 1 aliphatic heterocycles. The maximum Gasteiger partial charge on any atom is 0.306 e. The molecule has 6 nitrogen and oxygen atoms in total. The van der Waals surface area contributed by atoms with Crippen LogP contribution in [0.4, 0.5) is 0 Å². The van der Waals surface area contributed by atoms with Gasteiger partial charge in [-0.3, -0.25) is 4.79 Å². The maximum absolute atomic E-state index is 11.6. The quantitative estimate of drug-likeness (QED) is 0.460. The number of benzene rings is 2. The molecule has 0 bridgehead atoms. The number of nitrogens with zero attached hydrogens (tertiary/aromatic N) is 3. The summed E-state index contributed by atoms with van der Waals surface area (Å²) < 4.78 is 6.97. The Balaban J connectivity index is 1.50. The van der Waals surface area contributed by atoms with Gasteiger partial charge in [0.1, 0.15) is 5.52 Å². The molecule has 4 rings (SSSR count). The highest BCUT2D eigenvalue weighted by molar-refractivity contribution is 5.79. The molecule has 1 N–H and O–H groups in total. The van der Waals surface area contributed by atoms with E-state index in [4.69, 9.17) is 4.74 Å². The van der Waals surface area contributed by atoms with E-state index in [1.165, 1.54) is 27.8 Å². The molecule has 0 amide bonds. The molecule has 0 saturated heterocycles. The van der Waals surface area contributed by atoms with E-state index in [-0.39, 0.29) is 12.0 Å². The molecule has 0 fully saturated rings. The summed E-state index contributed by atoms with van der Waals surface area (Å²) in [7, 11) is 0. The Morgan fingerprint density at radius 1 is 1.29 bits per heavy atom. The lowest BCUT2D eigenvalue weighted by atomic mass is 9.88. The molecule has 6 heteroatoms. The molecule has 31 heavy (non-hydrogen) atoms. The highest BCUT2D eigenvalue weighted by Crippen LogP contribution is 2.31. The second-order valence-electron chi connectivity index (χ2n) is 8.03. The van der Waals surface area contributed by atoms with Crippen molar-refractivity contribution in [3.63, 3.8) is 0 Å². The Morgan fingerprint density at radius 2 is 2.16 bits per heavy atom. The van der Waals surface area contributed by atoms with Crippen LogP contribution in [-0.4, -0.2) is 27.6 Å². The van der Waals surface area contributed by atoms with Crippen molar-refractivity contribution < 1.29 is 9.53 Å². The molecule has 0 aliphatic carbocycles. The third kappa shape index (κ3) is 4.54. The minimum Gasteiger partial charge on any atom is -0.466 e. The first-order valence-corrected chi connectivity index (χ1v) is 11.0. The Labute approximate surface area is 183 Å². The van der Waals surface area contributed by atoms with Gasteiger partial charge in [0.2, 0.25) is 0 Å². The van der Waals surface area contributed by atoms with Crippen molar-refractivity contribution in [3.05, 3.63) is 70.3 Å². The van der Waals surface area contributed by atoms with Crippen molar-refractivity contribution >= 4 is 17.0 Å². The van der Waals surface area contributed by atoms with Crippen molar-refractivity contribution in [1.82, 2.24) is 20.3 Å². The van der Waals surface area contributed by atoms with Crippen molar-refractivity contribution in [2.45, 2.75) is 59.2 Å². The van der Waals surface area contributed by atoms with Gasteiger partial charge in [0.05, 0.1) is 18.7 Å². The average Bonchev–Trinajstić information content (AvgIpc) is 3.20. The monoisotopic (exact) mass is 418 g/mol. The van der Waals surface area contributed by atoms with E-state index in [9.17, 15) is 4.79 Å². The third-order valence-corrected chi connectivity index (χ3v) is 6.03. The number of esters is 1. The largest absolute Gasteiger partial charge is 0.466 e. The van der Waals surface area contributed by atoms with Crippen LogP contribution in [-0.2, 0) is 35.5 Å². The number of fused-ring (bicyclic) bond motifs is 2. The van der Waals surface area contributed by atoms with Crippen LogP contribution in [0.5, 0.6) is 0 Å². The van der Waals surface area contributed by atoms with Gasteiger partial charge in [0.25, 0.3) is 0 Å². The van der Waals surface area contributed by atoms with Crippen molar-refractivity contribution in [3.8, 4) is 0 Å². The molecule has 162 valence electrons. The fourth-order valence-electron chi connectivity index (χ4n) is 4.32. The summed E-state index contributed by atoms with van der Waals surface area (Å²) in [6.07, 6.45) is 6.19. The molecule has 2 heterocycles. The first kappa shape index (κ1) is 21.2. The van der Waals surface area contributed by atoms with Gasteiger partial charge in [-0.05, 0) is 67.5 Å². The molecule has 0 saturated carbocycles. The summed E-state index contributed by atoms with van der Waals surface area (Å²) in [4.78, 5) is 11.6. The average molecular weight is 419 g/mol. The van der Waals surface area contributed by atoms with Crippen LogP contribution in [0, 0.1) is 6.92 Å². The van der Waals surface area contributed by atoms with E-state index in [2.05, 4.69) is 59.0 Å². The summed E-state index contributed by atoms with van der Waals surface area (Å²) in [5, 5.41) is 12.5. The summed E-state index contributed by atoms with van der Waals surface area (Å²) in [5.41, 5.74) is 8.38. The first-order valence-electron chi connectivity index (χ1n) is 11.0. The Bertz CT molecular complexity index is 1120. The van der Waals surface area contributed by atoms with Crippen molar-refractivity contribution in [1.29, 1.82) is 0 Å². The molecule has 1 unspecified atom stereocenters. The lowest BCUT2D eigenvalue weighted by molar-refractivity contribution is -0.143. The predicted molar refractivity (Wildman–Crippen MR) is 122 cm³/mol. The number of carbonyl (C=O) groups excluding carboxylic acids is 1. The molecule has 3 aromatic rings. The molecule has 1 aromatic heterocycles. The van der Waals surface area contributed by atoms with Gasteiger partial charge in [-0.1, -0.05) is 41.6 Å². The highest BCUT2D eigenvalue weighted by atomic mass is 16.5. The number of allylic oxidation sites excluding steroid dienone is 2. The van der Waals surface area contributed by atoms with Gasteiger partial charge in [-0.15, -0.1) is 5.10 Å². The standard InChI is InChI=1S/C25H30N4O2/c1-4-6-13-29-23-11-10-21(17(3)25(23)27-28-29)22-15-19-9-7-18(14-20(19)16-26-22)8-12-24(30)31-5-2/h4,6-7,9-11,14,22,26H,5,8,12-13,15-16H2,1-3H3. The second-order valence-corrected chi connectivity index (χ2v) is 8.03. The normalized spacial score (nSPS) is 16.0. The van der Waals surface area contributed by atoms with Crippen LogP contribution in [0.3, 0.4) is 0 Å². The van der Waals surface area contributed by atoms with Gasteiger partial charge in [-0.2, -0.15) is 0 Å². The zero-order chi connectivity index (χ0) is 21.8. The molecule has 0 spiro atoms. The van der Waals surface area contributed by atoms with E-state index in [1.54, 1.807) is 0 Å². The molecule has 1 atom stereocenters. The van der Waals surface area contributed by atoms with Crippen LogP contribution < -0.4 is 5.32 Å². The summed E-state index contributed by atoms with van der Waals surface area (Å²) in [5.74, 6) is -0.132. The fourth-order valence-corrected chi connectivity index (χ4v) is 4.32. The van der Waals surface area contributed by atoms with E-state index in [0.717, 1.165) is 30.5 Å². The molecule has 0 radical (unpaired) electrons. The van der Waals surface area contributed by atoms with Crippen molar-refractivity contribution in [2.24, 2.45) is 0 Å². The first-order chi connectivity index (χ1) is 15.1. The topological polar surface area (TPSA) is 69.0 Å². The highest BCUT2D eigenvalue weighted by Gasteiger charge is 2.23. The summed E-state index contributed by atoms with van der Waals surface area (Å²) >= 11 is 0. The SMILES string of the molecule is CC=CCn1nnc2c(C)c(C3Cc4ccc(CCC(=O)OCC)cc4CN3)ccc21. The minimum atomic E-state index is -0.132. The number of rotatable bonds is 7. The molecular formula is C25H30N4O2. The van der Waals surface area contributed by atoms with Crippen molar-refractivity contribution in [2.75, 3.05) is 6.61 Å². The summed E-state index contributed by atoms with van der Waals surface area (Å²) in [6.45, 7) is 7.98. The lowest BCUT2D eigenvalue weighted by Gasteiger charge is -2.28.